The van der Waals surface area contributed by atoms with Crippen LogP contribution in [0.5, 0.6) is 0 Å². The molecule has 0 saturated carbocycles. The number of hydrogen-bond donors (Lipinski definition) is 0. The molecule has 0 fully saturated rings. The second kappa shape index (κ2) is 8.17. The number of hydrogen-bond acceptors (Lipinski definition) is 2. The Morgan fingerprint density at radius 3 is 1.88 bits per heavy atom. The smallest absolute Gasteiger partial charge is 0.0630 e. The van der Waals surface area contributed by atoms with Crippen molar-refractivity contribution in [1.29, 1.82) is 0 Å². The van der Waals surface area contributed by atoms with E-state index in [4.69, 9.17) is 0 Å². The third kappa shape index (κ3) is 5.07. The number of aliphatic imine (C=N–C) groups is 1. The van der Waals surface area contributed by atoms with Crippen LogP contribution in [-0.2, 0) is 0 Å². The van der Waals surface area contributed by atoms with Crippen LogP contribution in [0.4, 0.5) is 5.69 Å². The van der Waals surface area contributed by atoms with Gasteiger partial charge in [0.2, 0.25) is 0 Å². The molecule has 0 unspecified atom stereocenters. The summed E-state index contributed by atoms with van der Waals surface area (Å²) in [5.41, 5.74) is 4.73. The van der Waals surface area contributed by atoms with Crippen LogP contribution in [0.3, 0.4) is 0 Å². The maximum atomic E-state index is 4.57. The van der Waals surface area contributed by atoms with E-state index >= 15 is 0 Å². The molecule has 2 heteroatoms. The van der Waals surface area contributed by atoms with Gasteiger partial charge in [-0.2, -0.15) is 0 Å². The van der Waals surface area contributed by atoms with E-state index in [2.05, 4.69) is 98.6 Å². The molecule has 0 amide bonds. The van der Waals surface area contributed by atoms with Gasteiger partial charge in [-0.1, -0.05) is 67.6 Å². The molecule has 3 aromatic carbocycles. The van der Waals surface area contributed by atoms with E-state index in [0.717, 1.165) is 11.3 Å². The Hall–Kier alpha value is -2.32. The van der Waals surface area contributed by atoms with Crippen LogP contribution < -0.4 is 0 Å². The molecule has 0 aliphatic rings. The highest BCUT2D eigenvalue weighted by Gasteiger charge is 1.99. The topological polar surface area (TPSA) is 12.4 Å². The zero-order valence-electron chi connectivity index (χ0n) is 14.9. The first-order valence-electron chi connectivity index (χ1n) is 8.59. The maximum absolute atomic E-state index is 4.57. The Morgan fingerprint density at radius 1 is 0.760 bits per heavy atom. The van der Waals surface area contributed by atoms with Gasteiger partial charge in [-0.25, -0.2) is 0 Å². The third-order valence-corrected chi connectivity index (χ3v) is 5.07. The van der Waals surface area contributed by atoms with Crippen molar-refractivity contribution in [3.63, 3.8) is 0 Å². The predicted molar refractivity (Wildman–Crippen MR) is 110 cm³/mol. The highest BCUT2D eigenvalue weighted by atomic mass is 32.2. The number of benzene rings is 3. The first kappa shape index (κ1) is 17.5. The first-order chi connectivity index (χ1) is 12.1. The second-order valence-electron chi connectivity index (χ2n) is 6.49. The molecular formula is C23H23NS. The summed E-state index contributed by atoms with van der Waals surface area (Å²) >= 11 is 1.78. The minimum atomic E-state index is 0.552. The fraction of sp³-hybridized carbons (Fsp3) is 0.174. The van der Waals surface area contributed by atoms with Gasteiger partial charge in [-0.15, -0.1) is 0 Å². The van der Waals surface area contributed by atoms with E-state index < -0.39 is 0 Å². The Balaban J connectivity index is 1.64. The van der Waals surface area contributed by atoms with Gasteiger partial charge in [-0.3, -0.25) is 4.99 Å². The van der Waals surface area contributed by atoms with Crippen molar-refractivity contribution in [1.82, 2.24) is 0 Å². The van der Waals surface area contributed by atoms with Crippen molar-refractivity contribution in [2.45, 2.75) is 36.5 Å². The van der Waals surface area contributed by atoms with Gasteiger partial charge < -0.3 is 0 Å². The standard InChI is InChI=1S/C23H23NS/c1-17(2)20-8-10-21(11-9-20)24-16-19-6-14-23(15-7-19)25-22-12-4-18(3)5-13-22/h4-17H,1-3H3. The van der Waals surface area contributed by atoms with E-state index in [1.807, 2.05) is 6.21 Å². The molecule has 0 aliphatic heterocycles. The minimum Gasteiger partial charge on any atom is -0.256 e. The predicted octanol–water partition coefficient (Wildman–Crippen LogP) is 7.02. The molecule has 0 aliphatic carbocycles. The van der Waals surface area contributed by atoms with Gasteiger partial charge >= 0.3 is 0 Å². The third-order valence-electron chi connectivity index (χ3n) is 4.06. The summed E-state index contributed by atoms with van der Waals surface area (Å²) in [7, 11) is 0. The van der Waals surface area contributed by atoms with Crippen LogP contribution >= 0.6 is 11.8 Å². The number of nitrogens with zero attached hydrogens (tertiary/aromatic N) is 1. The van der Waals surface area contributed by atoms with Crippen molar-refractivity contribution >= 4 is 23.7 Å². The quantitative estimate of drug-likeness (QED) is 0.453. The fourth-order valence-electron chi connectivity index (χ4n) is 2.46. The van der Waals surface area contributed by atoms with Crippen LogP contribution in [0.1, 0.15) is 36.5 Å². The number of aryl methyl sites for hydroxylation is 1. The van der Waals surface area contributed by atoms with Crippen LogP contribution in [0.15, 0.2) is 87.6 Å². The zero-order valence-corrected chi connectivity index (χ0v) is 15.8. The SMILES string of the molecule is Cc1ccc(Sc2ccc(C=Nc3ccc(C(C)C)cc3)cc2)cc1. The van der Waals surface area contributed by atoms with Gasteiger partial charge in [0.05, 0.1) is 5.69 Å². The van der Waals surface area contributed by atoms with Gasteiger partial charge in [0.1, 0.15) is 0 Å². The lowest BCUT2D eigenvalue weighted by atomic mass is 10.0. The summed E-state index contributed by atoms with van der Waals surface area (Å²) in [5.74, 6) is 0.552. The summed E-state index contributed by atoms with van der Waals surface area (Å²) in [6, 6.07) is 25.6. The molecule has 25 heavy (non-hydrogen) atoms. The molecule has 3 aromatic rings. The van der Waals surface area contributed by atoms with Gasteiger partial charge in [-0.05, 0) is 60.4 Å². The van der Waals surface area contributed by atoms with Crippen molar-refractivity contribution in [3.8, 4) is 0 Å². The summed E-state index contributed by atoms with van der Waals surface area (Å²) in [6.45, 7) is 6.52. The Kier molecular flexibility index (Phi) is 5.72. The van der Waals surface area contributed by atoms with E-state index in [9.17, 15) is 0 Å². The minimum absolute atomic E-state index is 0.552. The zero-order chi connectivity index (χ0) is 17.6. The molecule has 0 saturated heterocycles. The molecular weight excluding hydrogens is 322 g/mol. The Morgan fingerprint density at radius 2 is 1.32 bits per heavy atom. The molecule has 126 valence electrons. The average Bonchev–Trinajstić information content (AvgIpc) is 2.63. The molecule has 0 heterocycles. The molecule has 0 radical (unpaired) electrons. The maximum Gasteiger partial charge on any atom is 0.0630 e. The lowest BCUT2D eigenvalue weighted by molar-refractivity contribution is 0.867. The van der Waals surface area contributed by atoms with Crippen molar-refractivity contribution in [3.05, 3.63) is 89.5 Å². The van der Waals surface area contributed by atoms with Crippen LogP contribution in [0, 0.1) is 6.92 Å². The molecule has 1 nitrogen and oxygen atoms in total. The Bertz CT molecular complexity index is 829. The van der Waals surface area contributed by atoms with Crippen molar-refractivity contribution < 1.29 is 0 Å². The second-order valence-corrected chi connectivity index (χ2v) is 7.64. The normalized spacial score (nSPS) is 11.4. The average molecular weight is 346 g/mol. The highest BCUT2D eigenvalue weighted by molar-refractivity contribution is 7.99. The van der Waals surface area contributed by atoms with Gasteiger partial charge in [0, 0.05) is 16.0 Å². The molecule has 3 rings (SSSR count). The van der Waals surface area contributed by atoms with Crippen LogP contribution in [-0.4, -0.2) is 6.21 Å². The Labute approximate surface area is 154 Å². The molecule has 0 N–H and O–H groups in total. The van der Waals surface area contributed by atoms with E-state index in [1.54, 1.807) is 11.8 Å². The highest BCUT2D eigenvalue weighted by Crippen LogP contribution is 2.27. The summed E-state index contributed by atoms with van der Waals surface area (Å²) in [5, 5.41) is 0. The largest absolute Gasteiger partial charge is 0.256 e. The molecule has 0 atom stereocenters. The van der Waals surface area contributed by atoms with Crippen LogP contribution in [0.2, 0.25) is 0 Å². The van der Waals surface area contributed by atoms with Crippen molar-refractivity contribution in [2.24, 2.45) is 4.99 Å². The molecule has 0 aromatic heterocycles. The summed E-state index contributed by atoms with van der Waals surface area (Å²) in [4.78, 5) is 7.07. The van der Waals surface area contributed by atoms with E-state index in [-0.39, 0.29) is 0 Å². The van der Waals surface area contributed by atoms with E-state index in [0.29, 0.717) is 5.92 Å². The van der Waals surface area contributed by atoms with Gasteiger partial charge in [0.15, 0.2) is 0 Å². The number of rotatable bonds is 5. The monoisotopic (exact) mass is 345 g/mol. The first-order valence-corrected chi connectivity index (χ1v) is 9.40. The molecule has 0 spiro atoms. The lowest BCUT2D eigenvalue weighted by Gasteiger charge is -2.04. The fourth-order valence-corrected chi connectivity index (χ4v) is 3.28. The summed E-state index contributed by atoms with van der Waals surface area (Å²) < 4.78 is 0. The van der Waals surface area contributed by atoms with Crippen LogP contribution in [0.25, 0.3) is 0 Å². The molecule has 0 bridgehead atoms. The van der Waals surface area contributed by atoms with Crippen molar-refractivity contribution in [2.75, 3.05) is 0 Å². The van der Waals surface area contributed by atoms with Gasteiger partial charge in [0.25, 0.3) is 0 Å². The lowest BCUT2D eigenvalue weighted by Crippen LogP contribution is -1.85. The van der Waals surface area contributed by atoms with E-state index in [1.165, 1.54) is 20.9 Å². The summed E-state index contributed by atoms with van der Waals surface area (Å²) in [6.07, 6.45) is 1.92.